The average molecular weight is 493 g/mol. The summed E-state index contributed by atoms with van der Waals surface area (Å²) in [4.78, 5) is 23.7. The van der Waals surface area contributed by atoms with Crippen LogP contribution in [0.5, 0.6) is 11.6 Å². The Morgan fingerprint density at radius 3 is 2.61 bits per heavy atom. The van der Waals surface area contributed by atoms with E-state index in [1.807, 2.05) is 18.4 Å². The van der Waals surface area contributed by atoms with E-state index >= 15 is 0 Å². The lowest BCUT2D eigenvalue weighted by Crippen LogP contribution is -2.13. The summed E-state index contributed by atoms with van der Waals surface area (Å²) in [5, 5.41) is 10.7. The molecule has 1 amide bonds. The van der Waals surface area contributed by atoms with Gasteiger partial charge >= 0.3 is 6.18 Å². The van der Waals surface area contributed by atoms with E-state index in [2.05, 4.69) is 30.3 Å². The highest BCUT2D eigenvalue weighted by atomic mass is 19.4. The van der Waals surface area contributed by atoms with Crippen LogP contribution in [0.25, 0.3) is 16.4 Å². The number of hydrogen-bond donors (Lipinski definition) is 1. The fraction of sp³-hybridized carbons (Fsp3) is 0.167. The van der Waals surface area contributed by atoms with E-state index in [0.717, 1.165) is 6.07 Å². The minimum Gasteiger partial charge on any atom is -0.440 e. The Bertz CT molecular complexity index is 1460. The van der Waals surface area contributed by atoms with Crippen LogP contribution >= 0.6 is 0 Å². The molecule has 0 aliphatic carbocycles. The first-order valence-electron chi connectivity index (χ1n) is 10.6. The molecule has 0 unspecified atom stereocenters. The molecule has 1 aromatic carbocycles. The van der Waals surface area contributed by atoms with E-state index in [4.69, 9.17) is 11.3 Å². The number of halogens is 3. The number of nitrogens with zero attached hydrogens (tertiary/aromatic N) is 6. The van der Waals surface area contributed by atoms with Gasteiger partial charge in [-0.25, -0.2) is 14.8 Å². The van der Waals surface area contributed by atoms with E-state index in [-0.39, 0.29) is 28.9 Å². The number of ether oxygens (including phenoxy) is 1. The number of anilines is 1. The Morgan fingerprint density at radius 2 is 1.89 bits per heavy atom. The summed E-state index contributed by atoms with van der Waals surface area (Å²) in [5.41, 5.74) is -0.843. The molecule has 0 saturated carbocycles. The van der Waals surface area contributed by atoms with Crippen molar-refractivity contribution in [2.45, 2.75) is 26.1 Å². The Labute approximate surface area is 203 Å². The maximum Gasteiger partial charge on any atom is 0.432 e. The van der Waals surface area contributed by atoms with Gasteiger partial charge < -0.3 is 14.6 Å². The summed E-state index contributed by atoms with van der Waals surface area (Å²) in [5.74, 6) is -0.0596. The van der Waals surface area contributed by atoms with Gasteiger partial charge in [-0.05, 0) is 50.2 Å². The molecule has 0 aliphatic rings. The van der Waals surface area contributed by atoms with E-state index < -0.39 is 23.7 Å². The van der Waals surface area contributed by atoms with Gasteiger partial charge in [-0.1, -0.05) is 12.1 Å². The van der Waals surface area contributed by atoms with Crippen LogP contribution in [0.15, 0.2) is 60.9 Å². The van der Waals surface area contributed by atoms with Crippen molar-refractivity contribution in [2.24, 2.45) is 0 Å². The Hall–Kier alpha value is -4.79. The maximum atomic E-state index is 13.1. The molecule has 9 nitrogen and oxygen atoms in total. The topological polar surface area (TPSA) is 99.2 Å². The molecule has 0 fully saturated rings. The van der Waals surface area contributed by atoms with Crippen LogP contribution in [0.1, 0.15) is 35.9 Å². The van der Waals surface area contributed by atoms with Crippen molar-refractivity contribution in [3.63, 3.8) is 0 Å². The summed E-state index contributed by atoms with van der Waals surface area (Å²) in [6, 6.07) is 12.7. The molecule has 36 heavy (non-hydrogen) atoms. The average Bonchev–Trinajstić information content (AvgIpc) is 3.34. The summed E-state index contributed by atoms with van der Waals surface area (Å²) in [7, 11) is 0. The Kier molecular flexibility index (Phi) is 6.64. The Balaban J connectivity index is 1.54. The smallest absolute Gasteiger partial charge is 0.432 e. The molecule has 3 heterocycles. The van der Waals surface area contributed by atoms with Gasteiger partial charge in [-0.3, -0.25) is 4.79 Å². The molecular weight excluding hydrogens is 475 g/mol. The standard InChI is InChI=1S/C24H18F3N7O2/c1-14(2)34-13-29-33-22(34)18-8-5-9-20(30-18)32-23(35)15-6-4-7-17(10-15)36-21-12-16(28-3)11-19(31-21)24(25,26)27/h4-14H,1-2H3,(H,30,32,35). The number of nitrogens with one attached hydrogen (secondary N) is 1. The lowest BCUT2D eigenvalue weighted by Gasteiger charge is -2.12. The number of alkyl halides is 3. The first kappa shape index (κ1) is 24.3. The molecule has 1 N–H and O–H groups in total. The summed E-state index contributed by atoms with van der Waals surface area (Å²) >= 11 is 0. The number of amides is 1. The van der Waals surface area contributed by atoms with Gasteiger partial charge in [-0.2, -0.15) is 13.2 Å². The van der Waals surface area contributed by atoms with Gasteiger partial charge in [0.2, 0.25) is 5.88 Å². The third-order valence-electron chi connectivity index (χ3n) is 4.87. The van der Waals surface area contributed by atoms with Crippen LogP contribution in [0.4, 0.5) is 24.7 Å². The second kappa shape index (κ2) is 9.83. The predicted molar refractivity (Wildman–Crippen MR) is 124 cm³/mol. The maximum absolute atomic E-state index is 13.1. The zero-order chi connectivity index (χ0) is 25.9. The molecule has 12 heteroatoms. The van der Waals surface area contributed by atoms with Crippen molar-refractivity contribution in [3.8, 4) is 23.1 Å². The summed E-state index contributed by atoms with van der Waals surface area (Å²) in [6.07, 6.45) is -3.15. The lowest BCUT2D eigenvalue weighted by molar-refractivity contribution is -0.141. The van der Waals surface area contributed by atoms with Crippen LogP contribution in [-0.4, -0.2) is 30.6 Å². The minimum atomic E-state index is -4.75. The zero-order valence-corrected chi connectivity index (χ0v) is 19.0. The molecule has 0 saturated heterocycles. The molecule has 0 bridgehead atoms. The van der Waals surface area contributed by atoms with E-state index in [1.54, 1.807) is 24.5 Å². The third-order valence-corrected chi connectivity index (χ3v) is 4.87. The minimum absolute atomic E-state index is 0.0668. The Morgan fingerprint density at radius 1 is 1.11 bits per heavy atom. The third kappa shape index (κ3) is 5.47. The van der Waals surface area contributed by atoms with Crippen molar-refractivity contribution >= 4 is 17.4 Å². The van der Waals surface area contributed by atoms with Crippen molar-refractivity contribution < 1.29 is 22.7 Å². The first-order valence-corrected chi connectivity index (χ1v) is 10.6. The number of carbonyl (C=O) groups excluding carboxylic acids is 1. The normalized spacial score (nSPS) is 11.2. The highest BCUT2D eigenvalue weighted by Crippen LogP contribution is 2.34. The van der Waals surface area contributed by atoms with Gasteiger partial charge in [0.1, 0.15) is 29.3 Å². The molecule has 0 atom stereocenters. The summed E-state index contributed by atoms with van der Waals surface area (Å²) in [6.45, 7) is 11.0. The highest BCUT2D eigenvalue weighted by Gasteiger charge is 2.33. The van der Waals surface area contributed by atoms with Gasteiger partial charge in [-0.15, -0.1) is 10.2 Å². The van der Waals surface area contributed by atoms with Gasteiger partial charge in [0.15, 0.2) is 11.5 Å². The van der Waals surface area contributed by atoms with Gasteiger partial charge in [0, 0.05) is 17.7 Å². The molecule has 3 aromatic heterocycles. The monoisotopic (exact) mass is 493 g/mol. The van der Waals surface area contributed by atoms with Crippen molar-refractivity contribution in [1.29, 1.82) is 0 Å². The van der Waals surface area contributed by atoms with E-state index in [0.29, 0.717) is 17.6 Å². The van der Waals surface area contributed by atoms with Crippen LogP contribution in [0, 0.1) is 6.57 Å². The van der Waals surface area contributed by atoms with Gasteiger partial charge in [0.05, 0.1) is 6.57 Å². The quantitative estimate of drug-likeness (QED) is 0.334. The summed E-state index contributed by atoms with van der Waals surface area (Å²) < 4.78 is 46.6. The number of rotatable bonds is 6. The van der Waals surface area contributed by atoms with Gasteiger partial charge in [0.25, 0.3) is 5.91 Å². The van der Waals surface area contributed by atoms with Crippen molar-refractivity contribution in [2.75, 3.05) is 5.32 Å². The SMILES string of the molecule is [C-]#[N+]c1cc(Oc2cccc(C(=O)Nc3cccc(-c4nncn4C(C)C)n3)c2)nc(C(F)(F)F)c1. The second-order valence-corrected chi connectivity index (χ2v) is 7.81. The zero-order valence-electron chi connectivity index (χ0n) is 19.0. The van der Waals surface area contributed by atoms with E-state index in [1.165, 1.54) is 24.3 Å². The molecular formula is C24H18F3N7O2. The molecule has 182 valence electrons. The second-order valence-electron chi connectivity index (χ2n) is 7.81. The molecule has 4 rings (SSSR count). The number of benzene rings is 1. The highest BCUT2D eigenvalue weighted by molar-refractivity contribution is 6.04. The van der Waals surface area contributed by atoms with Crippen molar-refractivity contribution in [3.05, 3.63) is 83.6 Å². The molecule has 0 aliphatic heterocycles. The number of carbonyl (C=O) groups is 1. The van der Waals surface area contributed by atoms with Crippen LogP contribution in [0.3, 0.4) is 0 Å². The molecule has 0 radical (unpaired) electrons. The first-order chi connectivity index (χ1) is 17.1. The number of hydrogen-bond acceptors (Lipinski definition) is 6. The predicted octanol–water partition coefficient (Wildman–Crippen LogP) is 5.93. The fourth-order valence-electron chi connectivity index (χ4n) is 3.20. The lowest BCUT2D eigenvalue weighted by atomic mass is 10.2. The number of pyridine rings is 2. The van der Waals surface area contributed by atoms with Crippen LogP contribution in [0.2, 0.25) is 0 Å². The largest absolute Gasteiger partial charge is 0.440 e. The fourth-order valence-corrected chi connectivity index (χ4v) is 3.20. The van der Waals surface area contributed by atoms with Crippen LogP contribution < -0.4 is 10.1 Å². The van der Waals surface area contributed by atoms with E-state index in [9.17, 15) is 18.0 Å². The van der Waals surface area contributed by atoms with Crippen molar-refractivity contribution in [1.82, 2.24) is 24.7 Å². The van der Waals surface area contributed by atoms with Crippen LogP contribution in [-0.2, 0) is 6.18 Å². The molecule has 4 aromatic rings. The molecule has 0 spiro atoms. The number of aromatic nitrogens is 5.